The van der Waals surface area contributed by atoms with E-state index in [1.165, 1.54) is 35.9 Å². The Kier molecular flexibility index (Phi) is 3.28. The molecule has 86 valence electrons. The number of fused-ring (bicyclic) bond motifs is 1. The quantitative estimate of drug-likeness (QED) is 0.758. The first kappa shape index (κ1) is 11.2. The van der Waals surface area contributed by atoms with Crippen LogP contribution >= 0.6 is 0 Å². The molecule has 0 saturated carbocycles. The smallest absolute Gasteiger partial charge is 0.0733 e. The summed E-state index contributed by atoms with van der Waals surface area (Å²) < 4.78 is 2.00. The van der Waals surface area contributed by atoms with Crippen LogP contribution in [0.5, 0.6) is 0 Å². The highest BCUT2D eigenvalue weighted by atomic mass is 15.3. The summed E-state index contributed by atoms with van der Waals surface area (Å²) in [5.74, 6) is 0.607. The molecule has 0 amide bonds. The maximum atomic E-state index is 4.70. The van der Waals surface area contributed by atoms with E-state index in [2.05, 4.69) is 38.1 Å². The molecule has 0 fully saturated rings. The molecule has 0 aliphatic carbocycles. The van der Waals surface area contributed by atoms with Crippen LogP contribution in [-0.2, 0) is 7.05 Å². The molecule has 1 aromatic heterocycles. The fourth-order valence-electron chi connectivity index (χ4n) is 2.43. The largest absolute Gasteiger partial charge is 0.268 e. The highest BCUT2D eigenvalue weighted by Crippen LogP contribution is 2.29. The third kappa shape index (κ3) is 1.84. The summed E-state index contributed by atoms with van der Waals surface area (Å²) in [6, 6.07) is 8.52. The summed E-state index contributed by atoms with van der Waals surface area (Å²) >= 11 is 0. The number of hydrogen-bond donors (Lipinski definition) is 0. The second kappa shape index (κ2) is 4.69. The van der Waals surface area contributed by atoms with Gasteiger partial charge in [0, 0.05) is 18.4 Å². The number of benzene rings is 1. The molecule has 1 aromatic carbocycles. The first-order valence-electron chi connectivity index (χ1n) is 6.19. The Bertz CT molecular complexity index is 471. The molecule has 0 saturated heterocycles. The lowest BCUT2D eigenvalue weighted by atomic mass is 9.95. The highest BCUT2D eigenvalue weighted by molar-refractivity contribution is 5.82. The summed E-state index contributed by atoms with van der Waals surface area (Å²) in [6.07, 6.45) is 3.63. The number of hydrogen-bond acceptors (Lipinski definition) is 1. The van der Waals surface area contributed by atoms with Gasteiger partial charge in [-0.3, -0.25) is 4.68 Å². The second-order valence-electron chi connectivity index (χ2n) is 4.42. The van der Waals surface area contributed by atoms with Crippen LogP contribution in [0.15, 0.2) is 24.3 Å². The molecule has 2 aromatic rings. The van der Waals surface area contributed by atoms with Crippen molar-refractivity contribution in [3.05, 3.63) is 30.0 Å². The molecule has 16 heavy (non-hydrogen) atoms. The Morgan fingerprint density at radius 3 is 2.69 bits per heavy atom. The fourth-order valence-corrected chi connectivity index (χ4v) is 2.43. The van der Waals surface area contributed by atoms with Crippen LogP contribution in [0, 0.1) is 0 Å². The van der Waals surface area contributed by atoms with Crippen molar-refractivity contribution in [3.8, 4) is 0 Å². The van der Waals surface area contributed by atoms with E-state index in [0.717, 1.165) is 0 Å². The monoisotopic (exact) mass is 216 g/mol. The van der Waals surface area contributed by atoms with Crippen molar-refractivity contribution in [1.29, 1.82) is 0 Å². The van der Waals surface area contributed by atoms with Crippen molar-refractivity contribution in [3.63, 3.8) is 0 Å². The van der Waals surface area contributed by atoms with Crippen LogP contribution in [-0.4, -0.2) is 9.78 Å². The van der Waals surface area contributed by atoms with Gasteiger partial charge in [-0.2, -0.15) is 5.10 Å². The number of aromatic nitrogens is 2. The van der Waals surface area contributed by atoms with Gasteiger partial charge in [0.15, 0.2) is 0 Å². The molecule has 0 aliphatic heterocycles. The lowest BCUT2D eigenvalue weighted by Gasteiger charge is -2.10. The van der Waals surface area contributed by atoms with Crippen molar-refractivity contribution in [2.75, 3.05) is 0 Å². The Morgan fingerprint density at radius 1 is 1.25 bits per heavy atom. The summed E-state index contributed by atoms with van der Waals surface area (Å²) in [7, 11) is 2.03. The number of rotatable bonds is 4. The number of aryl methyl sites for hydroxylation is 1. The van der Waals surface area contributed by atoms with Gasteiger partial charge in [-0.25, -0.2) is 0 Å². The molecule has 2 nitrogen and oxygen atoms in total. The minimum absolute atomic E-state index is 0.607. The van der Waals surface area contributed by atoms with E-state index in [-0.39, 0.29) is 0 Å². The van der Waals surface area contributed by atoms with Crippen LogP contribution in [0.3, 0.4) is 0 Å². The van der Waals surface area contributed by atoms with Crippen molar-refractivity contribution < 1.29 is 0 Å². The third-order valence-corrected chi connectivity index (χ3v) is 3.30. The van der Waals surface area contributed by atoms with E-state index in [1.807, 2.05) is 11.7 Å². The predicted molar refractivity (Wildman–Crippen MR) is 68.7 cm³/mol. The van der Waals surface area contributed by atoms with Crippen LogP contribution in [0.1, 0.15) is 44.7 Å². The standard InChI is InChI=1S/C14H20N2/c1-4-8-11(5-2)14-12-9-6-7-10-13(12)16(3)15-14/h6-7,9-11H,4-5,8H2,1-3H3. The van der Waals surface area contributed by atoms with Gasteiger partial charge in [0.2, 0.25) is 0 Å². The van der Waals surface area contributed by atoms with E-state index in [9.17, 15) is 0 Å². The molecule has 1 unspecified atom stereocenters. The van der Waals surface area contributed by atoms with Gasteiger partial charge in [0.25, 0.3) is 0 Å². The summed E-state index contributed by atoms with van der Waals surface area (Å²) in [4.78, 5) is 0. The summed E-state index contributed by atoms with van der Waals surface area (Å²) in [5.41, 5.74) is 2.52. The number of nitrogens with zero attached hydrogens (tertiary/aromatic N) is 2. The lowest BCUT2D eigenvalue weighted by Crippen LogP contribution is -1.99. The molecule has 0 bridgehead atoms. The molecule has 0 aliphatic rings. The first-order valence-corrected chi connectivity index (χ1v) is 6.19. The molecular weight excluding hydrogens is 196 g/mol. The van der Waals surface area contributed by atoms with Gasteiger partial charge in [0.05, 0.1) is 11.2 Å². The van der Waals surface area contributed by atoms with Crippen molar-refractivity contribution in [1.82, 2.24) is 9.78 Å². The van der Waals surface area contributed by atoms with Crippen molar-refractivity contribution >= 4 is 10.9 Å². The van der Waals surface area contributed by atoms with Crippen LogP contribution in [0.25, 0.3) is 10.9 Å². The maximum Gasteiger partial charge on any atom is 0.0733 e. The normalized spacial score (nSPS) is 13.2. The molecule has 2 heteroatoms. The van der Waals surface area contributed by atoms with Gasteiger partial charge < -0.3 is 0 Å². The maximum absolute atomic E-state index is 4.70. The summed E-state index contributed by atoms with van der Waals surface area (Å²) in [5, 5.41) is 6.02. The van der Waals surface area contributed by atoms with Gasteiger partial charge in [-0.15, -0.1) is 0 Å². The van der Waals surface area contributed by atoms with E-state index in [4.69, 9.17) is 5.10 Å². The SMILES string of the molecule is CCCC(CC)c1nn(C)c2ccccc12. The Hall–Kier alpha value is -1.31. The molecular formula is C14H20N2. The average molecular weight is 216 g/mol. The van der Waals surface area contributed by atoms with Gasteiger partial charge in [-0.05, 0) is 18.9 Å². The van der Waals surface area contributed by atoms with E-state index in [1.54, 1.807) is 0 Å². The average Bonchev–Trinajstić information content (AvgIpc) is 2.65. The van der Waals surface area contributed by atoms with Crippen molar-refractivity contribution in [2.24, 2.45) is 7.05 Å². The Balaban J connectivity index is 2.51. The number of para-hydroxylation sites is 1. The third-order valence-electron chi connectivity index (χ3n) is 3.30. The first-order chi connectivity index (χ1) is 7.77. The molecule has 1 heterocycles. The molecule has 0 spiro atoms. The molecule has 1 atom stereocenters. The minimum Gasteiger partial charge on any atom is -0.268 e. The zero-order chi connectivity index (χ0) is 11.5. The predicted octanol–water partition coefficient (Wildman–Crippen LogP) is 3.87. The zero-order valence-corrected chi connectivity index (χ0v) is 10.4. The molecule has 2 rings (SSSR count). The van der Waals surface area contributed by atoms with Crippen LogP contribution in [0.2, 0.25) is 0 Å². The zero-order valence-electron chi connectivity index (χ0n) is 10.4. The Labute approximate surface area is 97.3 Å². The van der Waals surface area contributed by atoms with Gasteiger partial charge >= 0.3 is 0 Å². The molecule has 0 N–H and O–H groups in total. The highest BCUT2D eigenvalue weighted by Gasteiger charge is 2.16. The Morgan fingerprint density at radius 2 is 2.00 bits per heavy atom. The van der Waals surface area contributed by atoms with Crippen LogP contribution < -0.4 is 0 Å². The second-order valence-corrected chi connectivity index (χ2v) is 4.42. The minimum atomic E-state index is 0.607. The van der Waals surface area contributed by atoms with E-state index < -0.39 is 0 Å². The molecule has 0 radical (unpaired) electrons. The van der Waals surface area contributed by atoms with Crippen molar-refractivity contribution in [2.45, 2.75) is 39.0 Å². The van der Waals surface area contributed by atoms with E-state index >= 15 is 0 Å². The van der Waals surface area contributed by atoms with Gasteiger partial charge in [-0.1, -0.05) is 38.5 Å². The fraction of sp³-hybridized carbons (Fsp3) is 0.500. The summed E-state index contributed by atoms with van der Waals surface area (Å²) in [6.45, 7) is 4.50. The van der Waals surface area contributed by atoms with E-state index in [0.29, 0.717) is 5.92 Å². The van der Waals surface area contributed by atoms with Gasteiger partial charge in [0.1, 0.15) is 0 Å². The lowest BCUT2D eigenvalue weighted by molar-refractivity contribution is 0.572. The van der Waals surface area contributed by atoms with Crippen LogP contribution in [0.4, 0.5) is 0 Å². The topological polar surface area (TPSA) is 17.8 Å².